The lowest BCUT2D eigenvalue weighted by atomic mass is 9.82. The molecule has 29 heavy (non-hydrogen) atoms. The number of fused-ring (bicyclic) bond motifs is 1. The number of aliphatic hydroxyl groups excluding tert-OH is 1. The zero-order valence-electron chi connectivity index (χ0n) is 15.8. The first-order chi connectivity index (χ1) is 13.8. The lowest BCUT2D eigenvalue weighted by molar-refractivity contribution is -0.385. The first kappa shape index (κ1) is 21.4. The molecule has 1 heterocycles. The number of rotatable bonds is 7. The summed E-state index contributed by atoms with van der Waals surface area (Å²) in [6.07, 6.45) is 3.74. The molecule has 0 bridgehead atoms. The second-order valence-electron chi connectivity index (χ2n) is 6.98. The van der Waals surface area contributed by atoms with Crippen LogP contribution in [0.15, 0.2) is 54.6 Å². The number of amides is 1. The van der Waals surface area contributed by atoms with Gasteiger partial charge in [-0.15, -0.1) is 0 Å². The smallest absolute Gasteiger partial charge is 0.269 e. The first-order valence-electron chi connectivity index (χ1n) is 9.14. The standard InChI is InChI=1S/C21H21IN2O5/c1-14(5-2-3-10-25)21(27)18-12-17(24(28)29)8-9-19(18)23(20(21)26)13-15-6-4-7-16(22)11-15/h2,4-9,11-12,14,25,27H,3,10,13H2,1H3/b5-2+/t14-,21+/m1/s1. The number of anilines is 1. The third-order valence-electron chi connectivity index (χ3n) is 5.07. The normalized spacial score (nSPS) is 19.6. The maximum atomic E-state index is 13.3. The SMILES string of the molecule is C[C@H](/C=C/CCO)[C@@]1(O)C(=O)N(Cc2cccc(I)c2)c2ccc([N+](=O)[O-])cc21. The number of carbonyl (C=O) groups excluding carboxylic acids is 1. The summed E-state index contributed by atoms with van der Waals surface area (Å²) < 4.78 is 1.02. The third-order valence-corrected chi connectivity index (χ3v) is 5.74. The van der Waals surface area contributed by atoms with Crippen molar-refractivity contribution in [1.82, 2.24) is 0 Å². The van der Waals surface area contributed by atoms with Crippen LogP contribution in [0.3, 0.4) is 0 Å². The molecule has 0 spiro atoms. The Hall–Kier alpha value is -2.30. The molecule has 1 aliphatic heterocycles. The number of benzene rings is 2. The van der Waals surface area contributed by atoms with Crippen LogP contribution in [0.2, 0.25) is 0 Å². The monoisotopic (exact) mass is 508 g/mol. The number of nitro groups is 1. The van der Waals surface area contributed by atoms with Crippen molar-refractivity contribution in [3.05, 3.63) is 79.4 Å². The second-order valence-corrected chi connectivity index (χ2v) is 8.22. The Kier molecular flexibility index (Phi) is 6.35. The van der Waals surface area contributed by atoms with Gasteiger partial charge in [-0.05, 0) is 52.8 Å². The highest BCUT2D eigenvalue weighted by Gasteiger charge is 2.53. The molecule has 2 aromatic rings. The van der Waals surface area contributed by atoms with Gasteiger partial charge < -0.3 is 15.1 Å². The molecule has 0 unspecified atom stereocenters. The Balaban J connectivity index is 2.07. The minimum atomic E-state index is -1.92. The average molecular weight is 508 g/mol. The van der Waals surface area contributed by atoms with E-state index in [4.69, 9.17) is 5.11 Å². The third kappa shape index (κ3) is 4.05. The molecular formula is C21H21IN2O5. The van der Waals surface area contributed by atoms with E-state index in [1.807, 2.05) is 24.3 Å². The highest BCUT2D eigenvalue weighted by atomic mass is 127. The second kappa shape index (κ2) is 8.60. The van der Waals surface area contributed by atoms with Gasteiger partial charge in [-0.1, -0.05) is 31.2 Å². The number of halogens is 1. The molecule has 1 amide bonds. The van der Waals surface area contributed by atoms with Gasteiger partial charge in [0.15, 0.2) is 5.60 Å². The number of aliphatic hydroxyl groups is 2. The van der Waals surface area contributed by atoms with E-state index >= 15 is 0 Å². The van der Waals surface area contributed by atoms with Gasteiger partial charge in [0.05, 0.1) is 17.2 Å². The van der Waals surface area contributed by atoms with Gasteiger partial charge in [0.2, 0.25) is 0 Å². The summed E-state index contributed by atoms with van der Waals surface area (Å²) >= 11 is 2.19. The van der Waals surface area contributed by atoms with E-state index in [2.05, 4.69) is 22.6 Å². The molecule has 2 atom stereocenters. The van der Waals surface area contributed by atoms with E-state index in [0.717, 1.165) is 9.13 Å². The van der Waals surface area contributed by atoms with Crippen molar-refractivity contribution in [3.63, 3.8) is 0 Å². The lowest BCUT2D eigenvalue weighted by Crippen LogP contribution is -2.44. The predicted octanol–water partition coefficient (Wildman–Crippen LogP) is 3.51. The van der Waals surface area contributed by atoms with Crippen LogP contribution in [0.25, 0.3) is 0 Å². The van der Waals surface area contributed by atoms with Gasteiger partial charge >= 0.3 is 0 Å². The molecule has 2 aromatic carbocycles. The minimum Gasteiger partial charge on any atom is -0.396 e. The topological polar surface area (TPSA) is 104 Å². The Morgan fingerprint density at radius 3 is 2.72 bits per heavy atom. The summed E-state index contributed by atoms with van der Waals surface area (Å²) in [6.45, 7) is 1.88. The fourth-order valence-corrected chi connectivity index (χ4v) is 4.15. The van der Waals surface area contributed by atoms with Crippen LogP contribution in [0.1, 0.15) is 24.5 Å². The van der Waals surface area contributed by atoms with Crippen molar-refractivity contribution in [3.8, 4) is 0 Å². The molecule has 0 radical (unpaired) electrons. The molecule has 7 nitrogen and oxygen atoms in total. The maximum absolute atomic E-state index is 13.3. The highest BCUT2D eigenvalue weighted by molar-refractivity contribution is 14.1. The fourth-order valence-electron chi connectivity index (χ4n) is 3.54. The van der Waals surface area contributed by atoms with Crippen LogP contribution in [0.5, 0.6) is 0 Å². The van der Waals surface area contributed by atoms with E-state index < -0.39 is 22.3 Å². The van der Waals surface area contributed by atoms with Crippen LogP contribution >= 0.6 is 22.6 Å². The van der Waals surface area contributed by atoms with Crippen LogP contribution < -0.4 is 4.90 Å². The zero-order chi connectivity index (χ0) is 21.2. The number of hydrogen-bond acceptors (Lipinski definition) is 5. The van der Waals surface area contributed by atoms with Crippen molar-refractivity contribution in [2.75, 3.05) is 11.5 Å². The van der Waals surface area contributed by atoms with Crippen LogP contribution in [-0.4, -0.2) is 27.7 Å². The molecule has 0 saturated carbocycles. The molecule has 152 valence electrons. The predicted molar refractivity (Wildman–Crippen MR) is 117 cm³/mol. The molecule has 3 rings (SSSR count). The number of hydrogen-bond donors (Lipinski definition) is 2. The van der Waals surface area contributed by atoms with E-state index in [1.165, 1.54) is 23.1 Å². The van der Waals surface area contributed by atoms with E-state index in [0.29, 0.717) is 12.1 Å². The van der Waals surface area contributed by atoms with Crippen LogP contribution in [0, 0.1) is 19.6 Å². The molecule has 0 aromatic heterocycles. The quantitative estimate of drug-likeness (QED) is 0.258. The van der Waals surface area contributed by atoms with E-state index in [1.54, 1.807) is 19.1 Å². The summed E-state index contributed by atoms with van der Waals surface area (Å²) in [5, 5.41) is 31.7. The Bertz CT molecular complexity index is 977. The molecule has 1 aliphatic rings. The average Bonchev–Trinajstić information content (AvgIpc) is 2.90. The molecule has 0 saturated heterocycles. The van der Waals surface area contributed by atoms with Crippen LogP contribution in [-0.2, 0) is 16.9 Å². The van der Waals surface area contributed by atoms with Crippen molar-refractivity contribution >= 4 is 39.9 Å². The molecule has 0 fully saturated rings. The summed E-state index contributed by atoms with van der Waals surface area (Å²) in [5.41, 5.74) is -0.525. The highest BCUT2D eigenvalue weighted by Crippen LogP contribution is 2.47. The summed E-state index contributed by atoms with van der Waals surface area (Å²) in [5.74, 6) is -1.16. The summed E-state index contributed by atoms with van der Waals surface area (Å²) in [7, 11) is 0. The number of carbonyl (C=O) groups is 1. The van der Waals surface area contributed by atoms with Gasteiger partial charge in [0.25, 0.3) is 11.6 Å². The molecule has 0 aliphatic carbocycles. The van der Waals surface area contributed by atoms with Crippen molar-refractivity contribution in [1.29, 1.82) is 0 Å². The zero-order valence-corrected chi connectivity index (χ0v) is 17.9. The van der Waals surface area contributed by atoms with Gasteiger partial charge in [-0.25, -0.2) is 0 Å². The van der Waals surface area contributed by atoms with E-state index in [9.17, 15) is 20.0 Å². The van der Waals surface area contributed by atoms with Crippen molar-refractivity contribution in [2.24, 2.45) is 5.92 Å². The van der Waals surface area contributed by atoms with E-state index in [-0.39, 0.29) is 24.4 Å². The summed E-state index contributed by atoms with van der Waals surface area (Å²) in [4.78, 5) is 25.5. The summed E-state index contributed by atoms with van der Waals surface area (Å²) in [6, 6.07) is 11.8. The maximum Gasteiger partial charge on any atom is 0.269 e. The van der Waals surface area contributed by atoms with Crippen LogP contribution in [0.4, 0.5) is 11.4 Å². The fraction of sp³-hybridized carbons (Fsp3) is 0.286. The molecular weight excluding hydrogens is 487 g/mol. The number of non-ortho nitro benzene ring substituents is 1. The largest absolute Gasteiger partial charge is 0.396 e. The van der Waals surface area contributed by atoms with Gasteiger partial charge in [0.1, 0.15) is 0 Å². The van der Waals surface area contributed by atoms with Gasteiger partial charge in [-0.2, -0.15) is 0 Å². The minimum absolute atomic E-state index is 0.0452. The Morgan fingerprint density at radius 2 is 2.07 bits per heavy atom. The van der Waals surface area contributed by atoms with Crippen molar-refractivity contribution in [2.45, 2.75) is 25.5 Å². The van der Waals surface area contributed by atoms with Crippen molar-refractivity contribution < 1.29 is 19.9 Å². The molecule has 8 heteroatoms. The van der Waals surface area contributed by atoms with Gasteiger partial charge in [0, 0.05) is 33.8 Å². The lowest BCUT2D eigenvalue weighted by Gasteiger charge is -2.27. The Morgan fingerprint density at radius 1 is 1.31 bits per heavy atom. The number of nitro benzene ring substituents is 1. The Labute approximate surface area is 182 Å². The molecule has 2 N–H and O–H groups in total. The number of nitrogens with zero attached hydrogens (tertiary/aromatic N) is 2. The first-order valence-corrected chi connectivity index (χ1v) is 10.2. The van der Waals surface area contributed by atoms with Gasteiger partial charge in [-0.3, -0.25) is 14.9 Å².